The monoisotopic (exact) mass is 251 g/mol. The minimum Gasteiger partial charge on any atom is -0.342 e. The summed E-state index contributed by atoms with van der Waals surface area (Å²) < 4.78 is 5.26. The van der Waals surface area contributed by atoms with Gasteiger partial charge in [0.25, 0.3) is 11.8 Å². The van der Waals surface area contributed by atoms with Gasteiger partial charge in [0, 0.05) is 5.02 Å². The van der Waals surface area contributed by atoms with E-state index in [9.17, 15) is 9.59 Å². The number of amides is 2. The molecule has 0 radical (unpaired) electrons. The van der Waals surface area contributed by atoms with Gasteiger partial charge >= 0.3 is 0 Å². The highest BCUT2D eigenvalue weighted by atomic mass is 35.5. The molecule has 0 N–H and O–H groups in total. The summed E-state index contributed by atoms with van der Waals surface area (Å²) in [4.78, 5) is 25.4. The molecule has 1 aromatic rings. The molecular formula is C12H10ClNO3. The maximum absolute atomic E-state index is 12.1. The fourth-order valence-corrected chi connectivity index (χ4v) is 2.43. The van der Waals surface area contributed by atoms with Crippen LogP contribution in [0.3, 0.4) is 0 Å². The fraction of sp³-hybridized carbons (Fsp3) is 0.333. The second-order valence-corrected chi connectivity index (χ2v) is 5.03. The zero-order chi connectivity index (χ0) is 12.4. The smallest absolute Gasteiger partial charge is 0.269 e. The van der Waals surface area contributed by atoms with E-state index in [1.54, 1.807) is 38.1 Å². The molecule has 0 aliphatic carbocycles. The predicted molar refractivity (Wildman–Crippen MR) is 61.8 cm³/mol. The second kappa shape index (κ2) is 2.89. The Morgan fingerprint density at radius 2 is 1.76 bits per heavy atom. The van der Waals surface area contributed by atoms with Crippen LogP contribution < -0.4 is 4.90 Å². The van der Waals surface area contributed by atoms with Crippen molar-refractivity contribution in [2.75, 3.05) is 4.90 Å². The maximum atomic E-state index is 12.1. The molecule has 88 valence electrons. The molecule has 4 nitrogen and oxygen atoms in total. The highest BCUT2D eigenvalue weighted by Crippen LogP contribution is 2.55. The maximum Gasteiger partial charge on any atom is 0.269 e. The summed E-state index contributed by atoms with van der Waals surface area (Å²) >= 11 is 5.86. The van der Waals surface area contributed by atoms with Gasteiger partial charge in [-0.05, 0) is 32.0 Å². The second-order valence-electron chi connectivity index (χ2n) is 4.59. The molecular weight excluding hydrogens is 242 g/mol. The number of hydrogen-bond acceptors (Lipinski definition) is 3. The third-order valence-electron chi connectivity index (χ3n) is 3.57. The number of anilines is 1. The van der Waals surface area contributed by atoms with E-state index in [2.05, 4.69) is 0 Å². The summed E-state index contributed by atoms with van der Waals surface area (Å²) in [7, 11) is 0. The molecule has 2 amide bonds. The minimum atomic E-state index is -1.01. The summed E-state index contributed by atoms with van der Waals surface area (Å²) in [6.45, 7) is 3.27. The Balaban J connectivity index is 2.07. The Morgan fingerprint density at radius 1 is 1.18 bits per heavy atom. The van der Waals surface area contributed by atoms with Crippen LogP contribution in [0.5, 0.6) is 0 Å². The third-order valence-corrected chi connectivity index (χ3v) is 3.80. The molecule has 2 aliphatic heterocycles. The van der Waals surface area contributed by atoms with Gasteiger partial charge in [-0.1, -0.05) is 17.7 Å². The highest BCUT2D eigenvalue weighted by Gasteiger charge is 2.81. The molecule has 3 rings (SSSR count). The first-order valence-electron chi connectivity index (χ1n) is 5.25. The Kier molecular flexibility index (Phi) is 1.83. The summed E-state index contributed by atoms with van der Waals surface area (Å²) in [5, 5.41) is 0.486. The van der Waals surface area contributed by atoms with Gasteiger partial charge in [0.05, 0.1) is 5.69 Å². The van der Waals surface area contributed by atoms with Crippen LogP contribution in [0.1, 0.15) is 13.8 Å². The highest BCUT2D eigenvalue weighted by molar-refractivity contribution is 6.33. The van der Waals surface area contributed by atoms with Gasteiger partial charge in [0.1, 0.15) is 0 Å². The largest absolute Gasteiger partial charge is 0.342 e. The van der Waals surface area contributed by atoms with E-state index < -0.39 is 11.2 Å². The Morgan fingerprint density at radius 3 is 2.29 bits per heavy atom. The van der Waals surface area contributed by atoms with Crippen molar-refractivity contribution in [2.24, 2.45) is 0 Å². The fourth-order valence-electron chi connectivity index (χ4n) is 2.25. The van der Waals surface area contributed by atoms with E-state index in [4.69, 9.17) is 16.3 Å². The first-order valence-corrected chi connectivity index (χ1v) is 5.63. The van der Waals surface area contributed by atoms with Gasteiger partial charge in [-0.3, -0.25) is 9.59 Å². The molecule has 2 fully saturated rings. The van der Waals surface area contributed by atoms with Gasteiger partial charge < -0.3 is 4.74 Å². The van der Waals surface area contributed by atoms with Crippen molar-refractivity contribution in [3.05, 3.63) is 29.3 Å². The molecule has 1 aromatic carbocycles. The van der Waals surface area contributed by atoms with Crippen LogP contribution in [0.4, 0.5) is 5.69 Å². The Labute approximate surface area is 103 Å². The molecule has 17 heavy (non-hydrogen) atoms. The number of nitrogens with zero attached hydrogens (tertiary/aromatic N) is 1. The first-order chi connectivity index (χ1) is 7.90. The van der Waals surface area contributed by atoms with Crippen molar-refractivity contribution in [3.8, 4) is 0 Å². The summed E-state index contributed by atoms with van der Waals surface area (Å²) in [6, 6.07) is 6.67. The van der Waals surface area contributed by atoms with Crippen molar-refractivity contribution in [1.82, 2.24) is 0 Å². The SMILES string of the molecule is CC12OC1(C)C(=O)N(c1cccc(Cl)c1)C2=O. The van der Waals surface area contributed by atoms with Crippen molar-refractivity contribution in [1.29, 1.82) is 0 Å². The van der Waals surface area contributed by atoms with E-state index in [-0.39, 0.29) is 11.8 Å². The first kappa shape index (κ1) is 10.7. The van der Waals surface area contributed by atoms with Gasteiger partial charge in [-0.25, -0.2) is 4.90 Å². The normalized spacial score (nSPS) is 35.1. The van der Waals surface area contributed by atoms with Crippen molar-refractivity contribution in [3.63, 3.8) is 0 Å². The zero-order valence-corrected chi connectivity index (χ0v) is 10.1. The van der Waals surface area contributed by atoms with Crippen LogP contribution in [-0.4, -0.2) is 23.0 Å². The summed E-state index contributed by atoms with van der Waals surface area (Å²) in [6.07, 6.45) is 0. The van der Waals surface area contributed by atoms with Crippen LogP contribution in [0.25, 0.3) is 0 Å². The van der Waals surface area contributed by atoms with Crippen LogP contribution in [0, 0.1) is 0 Å². The number of halogens is 1. The molecule has 0 spiro atoms. The number of hydrogen-bond donors (Lipinski definition) is 0. The lowest BCUT2D eigenvalue weighted by Gasteiger charge is -2.18. The summed E-state index contributed by atoms with van der Waals surface area (Å²) in [5.74, 6) is -0.653. The number of ether oxygens (including phenoxy) is 1. The van der Waals surface area contributed by atoms with E-state index in [1.807, 2.05) is 0 Å². The Bertz CT molecular complexity index is 532. The predicted octanol–water partition coefficient (Wildman–Crippen LogP) is 1.76. The van der Waals surface area contributed by atoms with Crippen molar-refractivity contribution < 1.29 is 14.3 Å². The molecule has 2 atom stereocenters. The number of imide groups is 1. The van der Waals surface area contributed by atoms with Crippen LogP contribution in [0.15, 0.2) is 24.3 Å². The molecule has 2 saturated heterocycles. The van der Waals surface area contributed by atoms with Gasteiger partial charge in [0.15, 0.2) is 11.2 Å². The average molecular weight is 252 g/mol. The zero-order valence-electron chi connectivity index (χ0n) is 9.36. The van der Waals surface area contributed by atoms with E-state index in [0.717, 1.165) is 4.90 Å². The average Bonchev–Trinajstić information content (AvgIpc) is 2.80. The number of carbonyl (C=O) groups excluding carboxylic acids is 2. The number of carbonyl (C=O) groups is 2. The lowest BCUT2D eigenvalue weighted by atomic mass is 10.00. The van der Waals surface area contributed by atoms with E-state index in [0.29, 0.717) is 10.7 Å². The van der Waals surface area contributed by atoms with Gasteiger partial charge in [-0.2, -0.15) is 0 Å². The van der Waals surface area contributed by atoms with Crippen molar-refractivity contribution in [2.45, 2.75) is 25.0 Å². The van der Waals surface area contributed by atoms with Crippen molar-refractivity contribution >= 4 is 29.1 Å². The van der Waals surface area contributed by atoms with Gasteiger partial charge in [0.2, 0.25) is 0 Å². The topological polar surface area (TPSA) is 49.9 Å². The van der Waals surface area contributed by atoms with E-state index in [1.165, 1.54) is 0 Å². The van der Waals surface area contributed by atoms with Gasteiger partial charge in [-0.15, -0.1) is 0 Å². The number of fused-ring (bicyclic) bond motifs is 1. The standard InChI is InChI=1S/C12H10ClNO3/c1-11-9(15)14(10(16)12(11,2)17-11)8-5-3-4-7(13)6-8/h3-6H,1-2H3. The number of epoxide rings is 1. The molecule has 0 bridgehead atoms. The number of morpholine rings is 1. The minimum absolute atomic E-state index is 0.327. The lowest BCUT2D eigenvalue weighted by Crippen LogP contribution is -2.38. The summed E-state index contributed by atoms with van der Waals surface area (Å²) in [5.41, 5.74) is -1.52. The van der Waals surface area contributed by atoms with Crippen LogP contribution >= 0.6 is 11.6 Å². The van der Waals surface area contributed by atoms with Crippen LogP contribution in [-0.2, 0) is 14.3 Å². The van der Waals surface area contributed by atoms with E-state index >= 15 is 0 Å². The third kappa shape index (κ3) is 1.12. The molecule has 2 aliphatic rings. The molecule has 2 heterocycles. The van der Waals surface area contributed by atoms with Crippen LogP contribution in [0.2, 0.25) is 5.02 Å². The quantitative estimate of drug-likeness (QED) is 0.565. The lowest BCUT2D eigenvalue weighted by molar-refractivity contribution is -0.129. The Hall–Kier alpha value is -1.39. The molecule has 0 saturated carbocycles. The molecule has 2 unspecified atom stereocenters. The number of rotatable bonds is 1. The molecule has 5 heteroatoms. The molecule has 0 aromatic heterocycles. The number of benzene rings is 1.